The molecule has 0 bridgehead atoms. The van der Waals surface area contributed by atoms with Gasteiger partial charge in [-0.25, -0.2) is 0 Å². The molecular formula is C18H24O. The molecule has 2 atom stereocenters. The van der Waals surface area contributed by atoms with Crippen molar-refractivity contribution in [3.8, 4) is 0 Å². The lowest BCUT2D eigenvalue weighted by Gasteiger charge is -2.46. The van der Waals surface area contributed by atoms with Crippen LogP contribution in [-0.2, 0) is 10.8 Å². The van der Waals surface area contributed by atoms with Crippen molar-refractivity contribution in [2.75, 3.05) is 0 Å². The van der Waals surface area contributed by atoms with Crippen LogP contribution in [0.25, 0.3) is 0 Å². The fourth-order valence-electron chi connectivity index (χ4n) is 4.53. The SMILES string of the molecule is Cc1cc2c(cc1C=O)C(C)(C)CC1CCCC21C. The molecule has 0 saturated heterocycles. The summed E-state index contributed by atoms with van der Waals surface area (Å²) in [5, 5.41) is 0. The maximum atomic E-state index is 11.2. The highest BCUT2D eigenvalue weighted by atomic mass is 16.1. The van der Waals surface area contributed by atoms with Gasteiger partial charge in [-0.15, -0.1) is 0 Å². The van der Waals surface area contributed by atoms with Crippen molar-refractivity contribution in [3.63, 3.8) is 0 Å². The summed E-state index contributed by atoms with van der Waals surface area (Å²) in [5.41, 5.74) is 5.49. The Kier molecular flexibility index (Phi) is 2.68. The molecule has 1 nitrogen and oxygen atoms in total. The number of benzene rings is 1. The monoisotopic (exact) mass is 256 g/mol. The van der Waals surface area contributed by atoms with E-state index in [2.05, 4.69) is 39.8 Å². The van der Waals surface area contributed by atoms with E-state index in [4.69, 9.17) is 0 Å². The van der Waals surface area contributed by atoms with Gasteiger partial charge in [0.25, 0.3) is 0 Å². The Morgan fingerprint density at radius 1 is 1.21 bits per heavy atom. The third-order valence-corrected chi connectivity index (χ3v) is 5.78. The molecule has 102 valence electrons. The summed E-state index contributed by atoms with van der Waals surface area (Å²) < 4.78 is 0. The third-order valence-electron chi connectivity index (χ3n) is 5.78. The number of fused-ring (bicyclic) bond motifs is 3. The Hall–Kier alpha value is -1.11. The van der Waals surface area contributed by atoms with Crippen LogP contribution in [0.3, 0.4) is 0 Å². The van der Waals surface area contributed by atoms with Gasteiger partial charge in [-0.05, 0) is 65.7 Å². The molecule has 3 rings (SSSR count). The Labute approximate surface area is 116 Å². The van der Waals surface area contributed by atoms with E-state index >= 15 is 0 Å². The van der Waals surface area contributed by atoms with Gasteiger partial charge in [-0.3, -0.25) is 4.79 Å². The van der Waals surface area contributed by atoms with Crippen molar-refractivity contribution >= 4 is 6.29 Å². The zero-order chi connectivity index (χ0) is 13.8. The summed E-state index contributed by atoms with van der Waals surface area (Å²) in [6, 6.07) is 4.47. The summed E-state index contributed by atoms with van der Waals surface area (Å²) in [6.45, 7) is 9.19. The number of carbonyl (C=O) groups excluding carboxylic acids is 1. The van der Waals surface area contributed by atoms with Crippen LogP contribution >= 0.6 is 0 Å². The molecule has 19 heavy (non-hydrogen) atoms. The summed E-state index contributed by atoms with van der Waals surface area (Å²) in [6.07, 6.45) is 6.30. The largest absolute Gasteiger partial charge is 0.298 e. The van der Waals surface area contributed by atoms with Crippen LogP contribution in [0.5, 0.6) is 0 Å². The lowest BCUT2D eigenvalue weighted by molar-refractivity contribution is 0.112. The first kappa shape index (κ1) is 12.9. The quantitative estimate of drug-likeness (QED) is 0.674. The van der Waals surface area contributed by atoms with Gasteiger partial charge in [0.05, 0.1) is 0 Å². The maximum absolute atomic E-state index is 11.2. The van der Waals surface area contributed by atoms with Crippen LogP contribution < -0.4 is 0 Å². The normalized spacial score (nSPS) is 31.7. The average molecular weight is 256 g/mol. The topological polar surface area (TPSA) is 17.1 Å². The van der Waals surface area contributed by atoms with Crippen LogP contribution in [0.1, 0.15) is 73.5 Å². The minimum Gasteiger partial charge on any atom is -0.298 e. The number of aldehydes is 1. The van der Waals surface area contributed by atoms with E-state index in [-0.39, 0.29) is 5.41 Å². The second-order valence-corrected chi connectivity index (χ2v) is 7.47. The molecule has 1 fully saturated rings. The summed E-state index contributed by atoms with van der Waals surface area (Å²) in [4.78, 5) is 11.2. The van der Waals surface area contributed by atoms with Gasteiger partial charge in [0, 0.05) is 5.56 Å². The van der Waals surface area contributed by atoms with Gasteiger partial charge >= 0.3 is 0 Å². The van der Waals surface area contributed by atoms with Crippen molar-refractivity contribution < 1.29 is 4.79 Å². The zero-order valence-corrected chi connectivity index (χ0v) is 12.5. The molecule has 2 aliphatic carbocycles. The van der Waals surface area contributed by atoms with E-state index in [9.17, 15) is 4.79 Å². The molecule has 0 N–H and O–H groups in total. The molecule has 1 saturated carbocycles. The molecule has 1 aromatic rings. The highest BCUT2D eigenvalue weighted by Crippen LogP contribution is 2.56. The van der Waals surface area contributed by atoms with E-state index < -0.39 is 0 Å². The first-order valence-corrected chi connectivity index (χ1v) is 7.49. The number of hydrogen-bond acceptors (Lipinski definition) is 1. The van der Waals surface area contributed by atoms with E-state index in [0.717, 1.165) is 23.3 Å². The minimum absolute atomic E-state index is 0.204. The standard InChI is InChI=1S/C18H24O/c1-12-8-16-15(9-13(12)11-19)17(2,3)10-14-6-5-7-18(14,16)4/h8-9,11,14H,5-7,10H2,1-4H3. The van der Waals surface area contributed by atoms with Gasteiger partial charge in [-0.1, -0.05) is 33.3 Å². The van der Waals surface area contributed by atoms with Crippen molar-refractivity contribution in [1.29, 1.82) is 0 Å². The molecule has 2 aliphatic rings. The molecule has 0 aromatic heterocycles. The number of rotatable bonds is 1. The van der Waals surface area contributed by atoms with Gasteiger partial charge in [0.15, 0.2) is 0 Å². The first-order valence-electron chi connectivity index (χ1n) is 7.49. The molecule has 0 spiro atoms. The predicted molar refractivity (Wildman–Crippen MR) is 78.9 cm³/mol. The molecule has 0 amide bonds. The summed E-state index contributed by atoms with van der Waals surface area (Å²) >= 11 is 0. The third kappa shape index (κ3) is 1.70. The van der Waals surface area contributed by atoms with Crippen LogP contribution in [0.4, 0.5) is 0 Å². The molecular weight excluding hydrogens is 232 g/mol. The fraction of sp³-hybridized carbons (Fsp3) is 0.611. The Morgan fingerprint density at radius 3 is 2.63 bits per heavy atom. The van der Waals surface area contributed by atoms with Crippen molar-refractivity contribution in [2.24, 2.45) is 5.92 Å². The lowest BCUT2D eigenvalue weighted by Crippen LogP contribution is -2.40. The highest BCUT2D eigenvalue weighted by molar-refractivity contribution is 5.78. The fourth-order valence-corrected chi connectivity index (χ4v) is 4.53. The van der Waals surface area contributed by atoms with Crippen molar-refractivity contribution in [3.05, 3.63) is 34.4 Å². The van der Waals surface area contributed by atoms with Crippen molar-refractivity contribution in [2.45, 2.75) is 64.2 Å². The van der Waals surface area contributed by atoms with E-state index in [1.807, 2.05) is 0 Å². The van der Waals surface area contributed by atoms with Crippen LogP contribution in [0.15, 0.2) is 12.1 Å². The highest BCUT2D eigenvalue weighted by Gasteiger charge is 2.48. The zero-order valence-electron chi connectivity index (χ0n) is 12.5. The second-order valence-electron chi connectivity index (χ2n) is 7.47. The summed E-state index contributed by atoms with van der Waals surface area (Å²) in [7, 11) is 0. The van der Waals surface area contributed by atoms with Gasteiger partial charge in [0.1, 0.15) is 6.29 Å². The Morgan fingerprint density at radius 2 is 1.95 bits per heavy atom. The van der Waals surface area contributed by atoms with E-state index in [0.29, 0.717) is 5.41 Å². The average Bonchev–Trinajstić information content (AvgIpc) is 2.70. The Bertz CT molecular complexity index is 541. The lowest BCUT2D eigenvalue weighted by atomic mass is 9.58. The van der Waals surface area contributed by atoms with Crippen LogP contribution in [0.2, 0.25) is 0 Å². The second kappa shape index (κ2) is 3.94. The van der Waals surface area contributed by atoms with E-state index in [1.165, 1.54) is 36.8 Å². The predicted octanol–water partition coefficient (Wildman–Crippen LogP) is 4.55. The molecule has 1 aromatic carbocycles. The molecule has 0 radical (unpaired) electrons. The number of carbonyl (C=O) groups is 1. The van der Waals surface area contributed by atoms with Gasteiger partial charge < -0.3 is 0 Å². The van der Waals surface area contributed by atoms with Crippen LogP contribution in [-0.4, -0.2) is 6.29 Å². The number of aryl methyl sites for hydroxylation is 1. The molecule has 2 unspecified atom stereocenters. The van der Waals surface area contributed by atoms with E-state index in [1.54, 1.807) is 0 Å². The minimum atomic E-state index is 0.204. The van der Waals surface area contributed by atoms with Crippen LogP contribution in [0, 0.1) is 12.8 Å². The smallest absolute Gasteiger partial charge is 0.150 e. The molecule has 0 aliphatic heterocycles. The molecule has 0 heterocycles. The van der Waals surface area contributed by atoms with Gasteiger partial charge in [0.2, 0.25) is 0 Å². The van der Waals surface area contributed by atoms with Crippen molar-refractivity contribution in [1.82, 2.24) is 0 Å². The van der Waals surface area contributed by atoms with Gasteiger partial charge in [-0.2, -0.15) is 0 Å². The maximum Gasteiger partial charge on any atom is 0.150 e. The Balaban J connectivity index is 2.27. The number of hydrogen-bond donors (Lipinski definition) is 0. The molecule has 1 heteroatoms. The first-order chi connectivity index (χ1) is 8.88. The summed E-state index contributed by atoms with van der Waals surface area (Å²) in [5.74, 6) is 0.816.